The molecule has 0 aliphatic rings. The van der Waals surface area contributed by atoms with Crippen LogP contribution in [0.25, 0.3) is 0 Å². The third kappa shape index (κ3) is 3.47. The molecule has 0 fully saturated rings. The lowest BCUT2D eigenvalue weighted by Crippen LogP contribution is -2.38. The van der Waals surface area contributed by atoms with Gasteiger partial charge in [-0.2, -0.15) is 0 Å². The van der Waals surface area contributed by atoms with E-state index in [9.17, 15) is 5.11 Å². The van der Waals surface area contributed by atoms with Gasteiger partial charge in [-0.05, 0) is 37.5 Å². The molecule has 0 aliphatic heterocycles. The smallest absolute Gasteiger partial charge is 0.119 e. The van der Waals surface area contributed by atoms with Gasteiger partial charge in [-0.25, -0.2) is 0 Å². The summed E-state index contributed by atoms with van der Waals surface area (Å²) in [5.74, 6) is 0.840. The van der Waals surface area contributed by atoms with Crippen LogP contribution in [0.5, 0.6) is 5.75 Å². The molecule has 18 heavy (non-hydrogen) atoms. The number of methoxy groups -OCH3 is 1. The summed E-state index contributed by atoms with van der Waals surface area (Å²) < 4.78 is 5.27. The lowest BCUT2D eigenvalue weighted by Gasteiger charge is -2.34. The lowest BCUT2D eigenvalue weighted by atomic mass is 9.73. The van der Waals surface area contributed by atoms with Crippen LogP contribution in [-0.2, 0) is 5.41 Å². The van der Waals surface area contributed by atoms with Gasteiger partial charge in [0.25, 0.3) is 0 Å². The predicted octanol–water partition coefficient (Wildman–Crippen LogP) is 2.46. The molecule has 2 atom stereocenters. The Morgan fingerprint density at radius 2 is 2.17 bits per heavy atom. The molecule has 0 saturated heterocycles. The molecule has 0 heterocycles. The van der Waals surface area contributed by atoms with Crippen LogP contribution in [0, 0.1) is 0 Å². The zero-order chi connectivity index (χ0) is 13.6. The van der Waals surface area contributed by atoms with E-state index in [0.717, 1.165) is 24.2 Å². The molecule has 3 heteroatoms. The third-order valence-electron chi connectivity index (χ3n) is 3.49. The van der Waals surface area contributed by atoms with Crippen LogP contribution < -0.4 is 10.5 Å². The van der Waals surface area contributed by atoms with Gasteiger partial charge in [0.05, 0.1) is 13.2 Å². The second kappa shape index (κ2) is 6.76. The molecule has 0 bridgehead atoms. The van der Waals surface area contributed by atoms with Crippen LogP contribution in [0.1, 0.15) is 38.7 Å². The first kappa shape index (κ1) is 15.0. The fourth-order valence-electron chi connectivity index (χ4n) is 2.66. The van der Waals surface area contributed by atoms with E-state index in [1.165, 1.54) is 0 Å². The molecule has 1 rings (SSSR count). The molecule has 0 amide bonds. The first-order chi connectivity index (χ1) is 8.57. The number of hydrogen-bond acceptors (Lipinski definition) is 3. The Bertz CT molecular complexity index is 365. The van der Waals surface area contributed by atoms with Gasteiger partial charge < -0.3 is 15.6 Å². The Morgan fingerprint density at radius 3 is 2.67 bits per heavy atom. The number of aliphatic hydroxyl groups is 1. The van der Waals surface area contributed by atoms with Crippen molar-refractivity contribution in [1.29, 1.82) is 0 Å². The molecule has 0 radical (unpaired) electrons. The van der Waals surface area contributed by atoms with Crippen molar-refractivity contribution in [3.05, 3.63) is 29.8 Å². The predicted molar refractivity (Wildman–Crippen MR) is 74.9 cm³/mol. The Hall–Kier alpha value is -1.06. The Kier molecular flexibility index (Phi) is 5.63. The molecule has 102 valence electrons. The Balaban J connectivity index is 3.13. The number of ether oxygens (including phenoxy) is 1. The zero-order valence-electron chi connectivity index (χ0n) is 11.6. The average molecular weight is 251 g/mol. The largest absolute Gasteiger partial charge is 0.497 e. The van der Waals surface area contributed by atoms with E-state index in [4.69, 9.17) is 10.5 Å². The first-order valence-electron chi connectivity index (χ1n) is 6.60. The maximum atomic E-state index is 9.75. The average Bonchev–Trinajstić information content (AvgIpc) is 2.37. The van der Waals surface area contributed by atoms with Crippen molar-refractivity contribution in [2.24, 2.45) is 5.73 Å². The van der Waals surface area contributed by atoms with Crippen molar-refractivity contribution >= 4 is 0 Å². The van der Waals surface area contributed by atoms with Crippen molar-refractivity contribution < 1.29 is 9.84 Å². The molecule has 1 aromatic carbocycles. The van der Waals surface area contributed by atoms with Gasteiger partial charge in [0.15, 0.2) is 0 Å². The van der Waals surface area contributed by atoms with Crippen molar-refractivity contribution in [3.63, 3.8) is 0 Å². The summed E-state index contributed by atoms with van der Waals surface area (Å²) in [6.07, 6.45) is 2.35. The van der Waals surface area contributed by atoms with Crippen LogP contribution in [-0.4, -0.2) is 24.9 Å². The summed E-state index contributed by atoms with van der Waals surface area (Å²) in [5.41, 5.74) is 7.02. The topological polar surface area (TPSA) is 55.5 Å². The number of benzene rings is 1. The van der Waals surface area contributed by atoms with Gasteiger partial charge in [0.1, 0.15) is 5.75 Å². The van der Waals surface area contributed by atoms with E-state index >= 15 is 0 Å². The van der Waals surface area contributed by atoms with E-state index in [1.54, 1.807) is 7.11 Å². The van der Waals surface area contributed by atoms with Gasteiger partial charge >= 0.3 is 0 Å². The van der Waals surface area contributed by atoms with Crippen molar-refractivity contribution in [2.75, 3.05) is 13.7 Å². The van der Waals surface area contributed by atoms with E-state index in [-0.39, 0.29) is 11.5 Å². The van der Waals surface area contributed by atoms with Crippen molar-refractivity contribution in [3.8, 4) is 5.75 Å². The fraction of sp³-hybridized carbons (Fsp3) is 0.600. The van der Waals surface area contributed by atoms with Crippen LogP contribution >= 0.6 is 0 Å². The van der Waals surface area contributed by atoms with E-state index in [1.807, 2.05) is 25.1 Å². The molecule has 3 N–H and O–H groups in total. The van der Waals surface area contributed by atoms with Gasteiger partial charge in [0, 0.05) is 12.0 Å². The number of rotatable bonds is 7. The second-order valence-electron chi connectivity index (χ2n) is 5.02. The monoisotopic (exact) mass is 251 g/mol. The van der Waals surface area contributed by atoms with E-state index in [2.05, 4.69) is 13.0 Å². The molecule has 0 unspecified atom stereocenters. The van der Waals surface area contributed by atoms with E-state index in [0.29, 0.717) is 13.0 Å². The molecule has 1 aromatic rings. The van der Waals surface area contributed by atoms with Gasteiger partial charge in [-0.1, -0.05) is 25.5 Å². The van der Waals surface area contributed by atoms with Gasteiger partial charge in [0.2, 0.25) is 0 Å². The van der Waals surface area contributed by atoms with Gasteiger partial charge in [-0.15, -0.1) is 0 Å². The summed E-state index contributed by atoms with van der Waals surface area (Å²) >= 11 is 0. The minimum Gasteiger partial charge on any atom is -0.497 e. The fourth-order valence-corrected chi connectivity index (χ4v) is 2.66. The first-order valence-corrected chi connectivity index (χ1v) is 6.60. The lowest BCUT2D eigenvalue weighted by molar-refractivity contribution is 0.144. The highest BCUT2D eigenvalue weighted by Gasteiger charge is 2.31. The minimum atomic E-state index is -0.355. The van der Waals surface area contributed by atoms with E-state index < -0.39 is 0 Å². The molecule has 0 saturated carbocycles. The maximum absolute atomic E-state index is 9.75. The Labute approximate surface area is 110 Å². The van der Waals surface area contributed by atoms with Crippen molar-refractivity contribution in [1.82, 2.24) is 0 Å². The summed E-state index contributed by atoms with van der Waals surface area (Å²) in [6.45, 7) is 4.51. The molecular formula is C15H25NO2. The summed E-state index contributed by atoms with van der Waals surface area (Å²) in [4.78, 5) is 0. The van der Waals surface area contributed by atoms with Crippen LogP contribution in [0.4, 0.5) is 0 Å². The highest BCUT2D eigenvalue weighted by molar-refractivity contribution is 5.34. The standard InChI is InChI=1S/C15H25NO2/c1-4-8-15(11-16,10-12(2)17)13-6-5-7-14(9-13)18-3/h5-7,9,12,17H,4,8,10-11,16H2,1-3H3/t12-,15-/m0/s1. The molecule has 0 aromatic heterocycles. The van der Waals surface area contributed by atoms with Crippen LogP contribution in [0.3, 0.4) is 0 Å². The summed E-state index contributed by atoms with van der Waals surface area (Å²) in [5, 5.41) is 9.75. The summed E-state index contributed by atoms with van der Waals surface area (Å²) in [6, 6.07) is 8.02. The number of nitrogens with two attached hydrogens (primary N) is 1. The number of aliphatic hydroxyl groups excluding tert-OH is 1. The number of hydrogen-bond donors (Lipinski definition) is 2. The van der Waals surface area contributed by atoms with Crippen LogP contribution in [0.15, 0.2) is 24.3 Å². The zero-order valence-corrected chi connectivity index (χ0v) is 11.6. The second-order valence-corrected chi connectivity index (χ2v) is 5.02. The van der Waals surface area contributed by atoms with Gasteiger partial charge in [-0.3, -0.25) is 0 Å². The highest BCUT2D eigenvalue weighted by atomic mass is 16.5. The SMILES string of the molecule is CCC[C@@](CN)(C[C@H](C)O)c1cccc(OC)c1. The quantitative estimate of drug-likeness (QED) is 0.782. The minimum absolute atomic E-state index is 0.155. The molecule has 0 aliphatic carbocycles. The normalized spacial score (nSPS) is 16.1. The molecule has 0 spiro atoms. The maximum Gasteiger partial charge on any atom is 0.119 e. The molecular weight excluding hydrogens is 226 g/mol. The van der Waals surface area contributed by atoms with Crippen molar-refractivity contribution in [2.45, 2.75) is 44.6 Å². The molecule has 3 nitrogen and oxygen atoms in total. The van der Waals surface area contributed by atoms with Crippen LogP contribution in [0.2, 0.25) is 0 Å². The highest BCUT2D eigenvalue weighted by Crippen LogP contribution is 2.35. The third-order valence-corrected chi connectivity index (χ3v) is 3.49. The summed E-state index contributed by atoms with van der Waals surface area (Å²) in [7, 11) is 1.66. The Morgan fingerprint density at radius 1 is 1.44 bits per heavy atom.